The average molecular weight is 1650 g/mol. The first kappa shape index (κ1) is 78.2. The molecule has 12 aromatic heterocycles. The second kappa shape index (κ2) is 33.1. The second-order valence-corrected chi connectivity index (χ2v) is 31.3. The van der Waals surface area contributed by atoms with E-state index in [-0.39, 0.29) is 80.8 Å². The number of benzene rings is 2. The molecule has 2 amide bonds. The molecule has 3 fully saturated rings. The van der Waals surface area contributed by atoms with Crippen molar-refractivity contribution in [3.05, 3.63) is 198 Å². The van der Waals surface area contributed by atoms with Crippen LogP contribution < -0.4 is 51.2 Å². The average Bonchev–Trinajstić information content (AvgIpc) is 1.62. The number of carbonyl (C=O) groups excluding carboxylic acids is 2. The normalized spacial score (nSPS) is 17.2. The molecule has 3 saturated carbocycles. The number of pyridine rings is 3. The quantitative estimate of drug-likeness (QED) is 0.0201. The summed E-state index contributed by atoms with van der Waals surface area (Å²) in [5.74, 6) is -0.533. The number of carboxylic acids is 1. The molecule has 2 aromatic carbocycles. The summed E-state index contributed by atoms with van der Waals surface area (Å²) >= 11 is -0.0752. The summed E-state index contributed by atoms with van der Waals surface area (Å²) in [6, 6.07) is 29.6. The van der Waals surface area contributed by atoms with Crippen LogP contribution in [0.5, 0.6) is 0 Å². The van der Waals surface area contributed by atoms with Crippen LogP contribution in [0.25, 0.3) is 83.8 Å². The number of aromatic carboxylic acids is 1. The van der Waals surface area contributed by atoms with Gasteiger partial charge in [-0.05, 0) is 96.6 Å². The van der Waals surface area contributed by atoms with E-state index in [0.717, 1.165) is 40.6 Å². The molecular formula is C81H88F3IN21O7-. The number of nitrogens with two attached hydrogens (primary N) is 1. The fraction of sp³-hybridized carbons (Fsp3) is 0.333. The van der Waals surface area contributed by atoms with Gasteiger partial charge >= 0.3 is 65.8 Å². The molecule has 17 rings (SSSR count). The number of carboxylic acid groups (broad SMARTS) is 1. The third-order valence-corrected chi connectivity index (χ3v) is 22.5. The summed E-state index contributed by atoms with van der Waals surface area (Å²) in [6.07, 6.45) is 17.6. The van der Waals surface area contributed by atoms with E-state index in [2.05, 4.69) is 51.2 Å². The number of anilines is 3. The first-order valence-electron chi connectivity index (χ1n) is 37.4. The number of halogens is 4. The Morgan fingerprint density at radius 1 is 0.504 bits per heavy atom. The van der Waals surface area contributed by atoms with E-state index in [1.807, 2.05) is 177 Å². The fourth-order valence-electron chi connectivity index (χ4n) is 14.1. The number of alkyl halides is 1. The van der Waals surface area contributed by atoms with Gasteiger partial charge in [-0.1, -0.05) is 60.7 Å². The van der Waals surface area contributed by atoms with Crippen molar-refractivity contribution in [2.45, 2.75) is 142 Å². The third-order valence-electron chi connectivity index (χ3n) is 20.8. The molecular weight excluding hydrogens is 1560 g/mol. The Kier molecular flexibility index (Phi) is 22.9. The van der Waals surface area contributed by atoms with Gasteiger partial charge in [-0.15, -0.1) is 0 Å². The number of fused-ring (bicyclic) bond motifs is 6. The Morgan fingerprint density at radius 3 is 1.20 bits per heavy atom. The van der Waals surface area contributed by atoms with Crippen molar-refractivity contribution in [3.8, 4) is 33.8 Å². The van der Waals surface area contributed by atoms with Crippen molar-refractivity contribution in [3.63, 3.8) is 0 Å². The SMILES string of the molecule is CC(C)n1cc(-c2cc(N(C)Cc3ccccc3)n3ncc(C(=O)N[C@H]4CC[C@H]4O)c3n2)c2cc(F)cnc21.CC(C)n1cc(-c2cc(N(C)Cc3ccccc3)n3ncc(C(=O)O)c3n2)c2cc(F)cnc21.CNc1cc(-c2cn(C(C)C)c3ncc(F)cc23)nc2c(C(=O)N[C@H]3CC[C@H]3O)cnn12.N[I-]C[C@H]1CC[C@H]1O. The van der Waals surface area contributed by atoms with Crippen LogP contribution in [0.1, 0.15) is 140 Å². The van der Waals surface area contributed by atoms with Gasteiger partial charge in [-0.2, -0.15) is 28.8 Å². The van der Waals surface area contributed by atoms with Crippen LogP contribution in [0.3, 0.4) is 0 Å². The molecule has 14 aromatic rings. The first-order valence-corrected chi connectivity index (χ1v) is 40.1. The van der Waals surface area contributed by atoms with Crippen LogP contribution in [-0.4, -0.2) is 167 Å². The van der Waals surface area contributed by atoms with E-state index in [4.69, 9.17) is 19.0 Å². The maximum absolute atomic E-state index is 14.4. The van der Waals surface area contributed by atoms with E-state index in [1.165, 1.54) is 66.3 Å². The van der Waals surface area contributed by atoms with Crippen LogP contribution in [0, 0.1) is 23.4 Å². The number of aliphatic hydroxyl groups is 3. The van der Waals surface area contributed by atoms with E-state index < -0.39 is 35.6 Å². The van der Waals surface area contributed by atoms with Gasteiger partial charge in [0.25, 0.3) is 11.8 Å². The summed E-state index contributed by atoms with van der Waals surface area (Å²) in [4.78, 5) is 69.2. The van der Waals surface area contributed by atoms with Crippen molar-refractivity contribution in [2.24, 2.45) is 9.86 Å². The monoisotopic (exact) mass is 1650 g/mol. The zero-order valence-corrected chi connectivity index (χ0v) is 65.9. The Hall–Kier alpha value is -11.5. The van der Waals surface area contributed by atoms with Crippen molar-refractivity contribution in [2.75, 3.05) is 40.7 Å². The summed E-state index contributed by atoms with van der Waals surface area (Å²) in [6.45, 7) is 13.3. The van der Waals surface area contributed by atoms with Crippen LogP contribution >= 0.6 is 0 Å². The molecule has 9 N–H and O–H groups in total. The van der Waals surface area contributed by atoms with Gasteiger partial charge in [-0.25, -0.2) is 47.9 Å². The van der Waals surface area contributed by atoms with Crippen LogP contribution in [-0.2, 0) is 13.1 Å². The second-order valence-electron chi connectivity index (χ2n) is 29.5. The number of aliphatic hydroxyl groups excluding tert-OH is 3. The molecule has 0 bridgehead atoms. The molecule has 6 atom stereocenters. The molecule has 0 aliphatic heterocycles. The van der Waals surface area contributed by atoms with Gasteiger partial charge in [-0.3, -0.25) is 9.59 Å². The number of rotatable bonds is 20. The van der Waals surface area contributed by atoms with Gasteiger partial charge in [0.15, 0.2) is 16.9 Å². The summed E-state index contributed by atoms with van der Waals surface area (Å²) in [5.41, 5.74) is 9.48. The zero-order chi connectivity index (χ0) is 79.8. The summed E-state index contributed by atoms with van der Waals surface area (Å²) in [7, 11) is 5.62. The van der Waals surface area contributed by atoms with Crippen LogP contribution in [0.4, 0.5) is 30.6 Å². The number of aromatic nitrogens is 15. The molecule has 3 aliphatic rings. The van der Waals surface area contributed by atoms with Gasteiger partial charge in [0.05, 0.1) is 78.6 Å². The van der Waals surface area contributed by atoms with Crippen molar-refractivity contribution >= 4 is 85.3 Å². The molecule has 28 nitrogen and oxygen atoms in total. The number of nitrogens with one attached hydrogen (secondary N) is 3. The maximum atomic E-state index is 14.4. The van der Waals surface area contributed by atoms with E-state index in [1.54, 1.807) is 16.1 Å². The predicted octanol–water partition coefficient (Wildman–Crippen LogP) is 8.64. The molecule has 588 valence electrons. The fourth-order valence-corrected chi connectivity index (χ4v) is 15.8. The van der Waals surface area contributed by atoms with Crippen molar-refractivity contribution in [1.29, 1.82) is 0 Å². The molecule has 0 spiro atoms. The van der Waals surface area contributed by atoms with E-state index in [9.17, 15) is 42.9 Å². The minimum absolute atomic E-state index is 0.00162. The van der Waals surface area contributed by atoms with Gasteiger partial charge in [0.1, 0.15) is 68.5 Å². The Labute approximate surface area is 658 Å². The molecule has 0 radical (unpaired) electrons. The Balaban J connectivity index is 0.000000134. The Bertz CT molecular complexity index is 5850. The Morgan fingerprint density at radius 2 is 0.876 bits per heavy atom. The number of hydrogen-bond donors (Lipinski definition) is 8. The standard InChI is InChI=1S/C29H30FN7O2.C25H23FN6O2.C22H24FN7O2.C5H11INO/c1-17(2)36-16-22(20-11-19(30)13-31-27(20)36)24-12-26(35(3)15-18-7-5-4-6-8-18)37-28(33-24)21(14-32-37)29(39)34-23-9-10-25(23)38;1-15(2)31-14-20(18-9-17(26)11-27-23(18)31)21-10-22(30(3)13-16-7-5-4-6-8-16)32-24(29-21)19(12-28-32)25(33)34;1-11(2)29-10-15(13-6-12(23)8-25-20(13)29)17-7-19(24-3)30-21(27-17)14(9-26-30)22(32)28-16-4-5-18(16)31;7-6-3-4-1-2-5(4)8/h4-8,11-14,16-17,23,25,38H,9-10,15H2,1-3H3,(H,34,39);4-12,14-15H,13H2,1-3H3,(H,33,34);6-11,16,18,24,31H,4-5H2,1-3H3,(H,28,32);4-5,8H,1-3,7H2/q;;;-1/t23-,25+;;16-,18+;4-,5-/m0.01/s1. The molecule has 3 aliphatic carbocycles. The number of carbonyl (C=O) groups is 3. The first-order chi connectivity index (χ1) is 54.3. The van der Waals surface area contributed by atoms with Gasteiger partial charge in [0.2, 0.25) is 0 Å². The van der Waals surface area contributed by atoms with Crippen LogP contribution in [0.2, 0.25) is 0 Å². The van der Waals surface area contributed by atoms with Gasteiger partial charge < -0.3 is 54.8 Å². The topological polar surface area (TPSA) is 345 Å². The van der Waals surface area contributed by atoms with Crippen molar-refractivity contribution < 1.29 is 69.5 Å². The zero-order valence-electron chi connectivity index (χ0n) is 63.7. The molecule has 32 heteroatoms. The number of nitrogens with zero attached hydrogens (tertiary/aromatic N) is 17. The third kappa shape index (κ3) is 16.1. The van der Waals surface area contributed by atoms with Gasteiger partial charge in [0, 0.05) is 122 Å². The van der Waals surface area contributed by atoms with Crippen LogP contribution in [0.15, 0.2) is 153 Å². The van der Waals surface area contributed by atoms with E-state index in [0.29, 0.717) is 133 Å². The number of hydrogen-bond acceptors (Lipinski definition) is 19. The predicted molar refractivity (Wildman–Crippen MR) is 421 cm³/mol. The summed E-state index contributed by atoms with van der Waals surface area (Å²) in [5, 5.41) is 62.4. The molecule has 113 heavy (non-hydrogen) atoms. The summed E-state index contributed by atoms with van der Waals surface area (Å²) < 4.78 is 59.8. The molecule has 0 unspecified atom stereocenters. The number of amides is 2. The minimum atomic E-state index is -1.12. The molecule has 0 saturated heterocycles. The molecule has 12 heterocycles. The van der Waals surface area contributed by atoms with Crippen molar-refractivity contribution in [1.82, 2.24) is 83.1 Å². The van der Waals surface area contributed by atoms with E-state index >= 15 is 0 Å².